The molecule has 150 valence electrons. The van der Waals surface area contributed by atoms with E-state index in [4.69, 9.17) is 4.98 Å². The molecule has 1 aliphatic rings. The number of hydrogen-bond acceptors (Lipinski definition) is 5. The van der Waals surface area contributed by atoms with Gasteiger partial charge in [-0.05, 0) is 37.6 Å². The summed E-state index contributed by atoms with van der Waals surface area (Å²) in [6, 6.07) is 7.92. The number of nitrogens with one attached hydrogen (secondary N) is 1. The van der Waals surface area contributed by atoms with Gasteiger partial charge in [-0.15, -0.1) is 0 Å². The van der Waals surface area contributed by atoms with Crippen molar-refractivity contribution in [3.8, 4) is 0 Å². The fraction of sp³-hybridized carbons (Fsp3) is 0.476. The Hall–Kier alpha value is -1.99. The predicted molar refractivity (Wildman–Crippen MR) is 117 cm³/mol. The minimum Gasteiger partial charge on any atom is -0.354 e. The van der Waals surface area contributed by atoms with E-state index in [1.807, 2.05) is 38.1 Å². The molecule has 0 unspecified atom stereocenters. The first-order valence-corrected chi connectivity index (χ1v) is 10.5. The van der Waals surface area contributed by atoms with Gasteiger partial charge in [0.25, 0.3) is 0 Å². The molecule has 1 N–H and O–H groups in total. The minimum absolute atomic E-state index is 0.0267. The number of nitrogens with zero attached hydrogens (tertiary/aromatic N) is 4. The molecule has 1 aromatic heterocycles. The zero-order valence-electron chi connectivity index (χ0n) is 17.0. The van der Waals surface area contributed by atoms with Crippen LogP contribution in [0, 0.1) is 13.8 Å². The highest BCUT2D eigenvalue weighted by Gasteiger charge is 2.21. The summed E-state index contributed by atoms with van der Waals surface area (Å²) < 4.78 is 1.01. The van der Waals surface area contributed by atoms with Crippen molar-refractivity contribution in [2.24, 2.45) is 0 Å². The summed E-state index contributed by atoms with van der Waals surface area (Å²) in [5.74, 6) is 2.22. The van der Waals surface area contributed by atoms with Crippen LogP contribution >= 0.6 is 15.9 Å². The molecule has 1 amide bonds. The van der Waals surface area contributed by atoms with Crippen LogP contribution in [0.4, 0.5) is 11.5 Å². The van der Waals surface area contributed by atoms with Crippen LogP contribution in [-0.4, -0.2) is 53.5 Å². The molecule has 3 rings (SSSR count). The number of halogens is 1. The van der Waals surface area contributed by atoms with Crippen LogP contribution in [0.2, 0.25) is 0 Å². The number of rotatable bonds is 5. The maximum Gasteiger partial charge on any atom is 0.238 e. The lowest BCUT2D eigenvalue weighted by Gasteiger charge is -2.35. The molecule has 0 radical (unpaired) electrons. The SMILES string of the molecule is Cc1cc(N2CCN(CC(=O)Nc3ccc(Br)cc3C)CC2)nc(C(C)C)n1. The number of amides is 1. The van der Waals surface area contributed by atoms with E-state index >= 15 is 0 Å². The first-order valence-electron chi connectivity index (χ1n) is 9.70. The second-order valence-corrected chi connectivity index (χ2v) is 8.57. The lowest BCUT2D eigenvalue weighted by Crippen LogP contribution is -2.49. The third-order valence-corrected chi connectivity index (χ3v) is 5.39. The largest absolute Gasteiger partial charge is 0.354 e. The molecule has 6 nitrogen and oxygen atoms in total. The van der Waals surface area contributed by atoms with Crippen molar-refractivity contribution in [3.05, 3.63) is 45.8 Å². The lowest BCUT2D eigenvalue weighted by atomic mass is 10.2. The van der Waals surface area contributed by atoms with E-state index in [-0.39, 0.29) is 5.91 Å². The van der Waals surface area contributed by atoms with Gasteiger partial charge in [0.2, 0.25) is 5.91 Å². The van der Waals surface area contributed by atoms with Gasteiger partial charge in [-0.25, -0.2) is 9.97 Å². The third kappa shape index (κ3) is 5.29. The van der Waals surface area contributed by atoms with Gasteiger partial charge in [0.1, 0.15) is 11.6 Å². The van der Waals surface area contributed by atoms with Crippen LogP contribution in [0.1, 0.15) is 36.8 Å². The normalized spacial score (nSPS) is 15.1. The van der Waals surface area contributed by atoms with E-state index in [9.17, 15) is 4.79 Å². The second-order valence-electron chi connectivity index (χ2n) is 7.65. The predicted octanol–water partition coefficient (Wildman–Crippen LogP) is 3.74. The summed E-state index contributed by atoms with van der Waals surface area (Å²) in [5, 5.41) is 3.02. The molecule has 0 atom stereocenters. The highest BCUT2D eigenvalue weighted by molar-refractivity contribution is 9.10. The van der Waals surface area contributed by atoms with E-state index < -0.39 is 0 Å². The summed E-state index contributed by atoms with van der Waals surface area (Å²) in [5.41, 5.74) is 2.91. The molecule has 0 saturated carbocycles. The lowest BCUT2D eigenvalue weighted by molar-refractivity contribution is -0.117. The van der Waals surface area contributed by atoms with Gasteiger partial charge in [0.05, 0.1) is 6.54 Å². The molecule has 0 aliphatic carbocycles. The van der Waals surface area contributed by atoms with Gasteiger partial charge in [0.15, 0.2) is 0 Å². The molecule has 1 fully saturated rings. The van der Waals surface area contributed by atoms with Crippen molar-refractivity contribution in [1.29, 1.82) is 0 Å². The van der Waals surface area contributed by atoms with E-state index in [2.05, 4.69) is 49.9 Å². The van der Waals surface area contributed by atoms with Crippen LogP contribution in [0.15, 0.2) is 28.7 Å². The summed E-state index contributed by atoms with van der Waals surface area (Å²) in [7, 11) is 0. The van der Waals surface area contributed by atoms with E-state index in [0.29, 0.717) is 12.5 Å². The molecule has 28 heavy (non-hydrogen) atoms. The highest BCUT2D eigenvalue weighted by Crippen LogP contribution is 2.21. The Balaban J connectivity index is 1.55. The average Bonchev–Trinajstić information content (AvgIpc) is 2.64. The fourth-order valence-electron chi connectivity index (χ4n) is 3.29. The van der Waals surface area contributed by atoms with Crippen LogP contribution in [-0.2, 0) is 4.79 Å². The minimum atomic E-state index is 0.0267. The van der Waals surface area contributed by atoms with Crippen molar-refractivity contribution in [1.82, 2.24) is 14.9 Å². The molecule has 7 heteroatoms. The monoisotopic (exact) mass is 445 g/mol. The van der Waals surface area contributed by atoms with Crippen molar-refractivity contribution < 1.29 is 4.79 Å². The van der Waals surface area contributed by atoms with Crippen molar-refractivity contribution in [3.63, 3.8) is 0 Å². The number of aryl methyl sites for hydroxylation is 2. The molecular formula is C21H28BrN5O. The van der Waals surface area contributed by atoms with Gasteiger partial charge in [-0.2, -0.15) is 0 Å². The molecule has 0 spiro atoms. The number of anilines is 2. The van der Waals surface area contributed by atoms with Crippen molar-refractivity contribution in [2.45, 2.75) is 33.6 Å². The van der Waals surface area contributed by atoms with Gasteiger partial charge >= 0.3 is 0 Å². The maximum absolute atomic E-state index is 12.4. The molecule has 2 aromatic rings. The van der Waals surface area contributed by atoms with Gasteiger partial charge in [-0.3, -0.25) is 9.69 Å². The first-order chi connectivity index (χ1) is 13.3. The van der Waals surface area contributed by atoms with E-state index in [1.165, 1.54) is 0 Å². The zero-order chi connectivity index (χ0) is 20.3. The van der Waals surface area contributed by atoms with Gasteiger partial charge < -0.3 is 10.2 Å². The number of piperazine rings is 1. The number of carbonyl (C=O) groups excluding carboxylic acids is 1. The molecule has 1 saturated heterocycles. The Labute approximate surface area is 175 Å². The molecule has 0 bridgehead atoms. The molecular weight excluding hydrogens is 418 g/mol. The Kier molecular flexibility index (Phi) is 6.67. The number of carbonyl (C=O) groups is 1. The Morgan fingerprint density at radius 3 is 2.50 bits per heavy atom. The van der Waals surface area contributed by atoms with Crippen LogP contribution < -0.4 is 10.2 Å². The Bertz CT molecular complexity index is 847. The summed E-state index contributed by atoms with van der Waals surface area (Å²) in [6.07, 6.45) is 0. The highest BCUT2D eigenvalue weighted by atomic mass is 79.9. The van der Waals surface area contributed by atoms with Gasteiger partial charge in [-0.1, -0.05) is 29.8 Å². The number of hydrogen-bond donors (Lipinski definition) is 1. The summed E-state index contributed by atoms with van der Waals surface area (Å²) in [6.45, 7) is 12.0. The summed E-state index contributed by atoms with van der Waals surface area (Å²) in [4.78, 5) is 26.2. The number of aromatic nitrogens is 2. The standard InChI is InChI=1S/C21H28BrN5O/c1-14(2)21-23-16(4)12-19(25-21)27-9-7-26(8-10-27)13-20(28)24-18-6-5-17(22)11-15(18)3/h5-6,11-12,14H,7-10,13H2,1-4H3,(H,24,28). The van der Waals surface area contributed by atoms with Crippen LogP contribution in [0.5, 0.6) is 0 Å². The van der Waals surface area contributed by atoms with Gasteiger partial charge in [0, 0.05) is 54.0 Å². The third-order valence-electron chi connectivity index (χ3n) is 4.90. The fourth-order valence-corrected chi connectivity index (χ4v) is 3.77. The quantitative estimate of drug-likeness (QED) is 0.759. The zero-order valence-corrected chi connectivity index (χ0v) is 18.6. The first kappa shape index (κ1) is 20.7. The van der Waals surface area contributed by atoms with Crippen molar-refractivity contribution >= 4 is 33.3 Å². The summed E-state index contributed by atoms with van der Waals surface area (Å²) >= 11 is 3.45. The second kappa shape index (κ2) is 9.01. The Morgan fingerprint density at radius 2 is 1.86 bits per heavy atom. The smallest absolute Gasteiger partial charge is 0.238 e. The molecule has 1 aliphatic heterocycles. The van der Waals surface area contributed by atoms with E-state index in [0.717, 1.165) is 59.2 Å². The van der Waals surface area contributed by atoms with Crippen LogP contribution in [0.25, 0.3) is 0 Å². The van der Waals surface area contributed by atoms with Crippen molar-refractivity contribution in [2.75, 3.05) is 42.9 Å². The topological polar surface area (TPSA) is 61.4 Å². The number of benzene rings is 1. The average molecular weight is 446 g/mol. The van der Waals surface area contributed by atoms with E-state index in [1.54, 1.807) is 0 Å². The molecule has 2 heterocycles. The Morgan fingerprint density at radius 1 is 1.14 bits per heavy atom. The molecule has 1 aromatic carbocycles. The van der Waals surface area contributed by atoms with Crippen LogP contribution in [0.3, 0.4) is 0 Å². The maximum atomic E-state index is 12.4.